The first-order chi connectivity index (χ1) is 9.81. The van der Waals surface area contributed by atoms with E-state index < -0.39 is 0 Å². The van der Waals surface area contributed by atoms with E-state index in [1.807, 2.05) is 24.2 Å². The maximum Gasteiger partial charge on any atom is 0.0271 e. The van der Waals surface area contributed by atoms with E-state index in [0.717, 1.165) is 25.4 Å². The molecule has 0 bridgehead atoms. The number of thioether (sulfide) groups is 1. The molecule has 2 rings (SSSR count). The number of nitrogens with zero attached hydrogens (tertiary/aromatic N) is 2. The summed E-state index contributed by atoms with van der Waals surface area (Å²) >= 11 is 1.89. The maximum absolute atomic E-state index is 4.07. The smallest absolute Gasteiger partial charge is 0.0271 e. The number of benzene rings is 1. The van der Waals surface area contributed by atoms with Crippen LogP contribution in [-0.4, -0.2) is 22.2 Å². The molecule has 0 N–H and O–H groups in total. The lowest BCUT2D eigenvalue weighted by atomic mass is 10.2. The average Bonchev–Trinajstić information content (AvgIpc) is 2.50. The summed E-state index contributed by atoms with van der Waals surface area (Å²) in [5, 5.41) is 0. The molecule has 0 radical (unpaired) electrons. The quantitative estimate of drug-likeness (QED) is 0.709. The minimum absolute atomic E-state index is 0.977. The Balaban J connectivity index is 1.95. The van der Waals surface area contributed by atoms with Gasteiger partial charge in [0.1, 0.15) is 0 Å². The van der Waals surface area contributed by atoms with Crippen LogP contribution in [0.1, 0.15) is 25.0 Å². The van der Waals surface area contributed by atoms with Gasteiger partial charge in [-0.15, -0.1) is 11.8 Å². The van der Waals surface area contributed by atoms with Crippen molar-refractivity contribution in [2.24, 2.45) is 0 Å². The first-order valence-electron chi connectivity index (χ1n) is 7.14. The fraction of sp³-hybridized carbons (Fsp3) is 0.353. The van der Waals surface area contributed by atoms with Crippen LogP contribution >= 0.6 is 11.8 Å². The molecule has 0 saturated carbocycles. The van der Waals surface area contributed by atoms with E-state index in [4.69, 9.17) is 0 Å². The van der Waals surface area contributed by atoms with Crippen molar-refractivity contribution in [3.63, 3.8) is 0 Å². The highest BCUT2D eigenvalue weighted by Crippen LogP contribution is 2.18. The average molecular weight is 286 g/mol. The maximum atomic E-state index is 4.07. The molecule has 0 fully saturated rings. The molecular formula is C17H22N2S. The van der Waals surface area contributed by atoms with Crippen molar-refractivity contribution < 1.29 is 0 Å². The van der Waals surface area contributed by atoms with E-state index in [1.54, 1.807) is 0 Å². The summed E-state index contributed by atoms with van der Waals surface area (Å²) in [6, 6.07) is 13.1. The Morgan fingerprint density at radius 3 is 2.05 bits per heavy atom. The van der Waals surface area contributed by atoms with Crippen LogP contribution in [-0.2, 0) is 13.1 Å². The van der Waals surface area contributed by atoms with Crippen LogP contribution in [0.5, 0.6) is 0 Å². The third-order valence-electron chi connectivity index (χ3n) is 3.24. The zero-order valence-electron chi connectivity index (χ0n) is 12.2. The summed E-state index contributed by atoms with van der Waals surface area (Å²) in [5.74, 6) is 1.13. The summed E-state index contributed by atoms with van der Waals surface area (Å²) < 4.78 is 0. The molecule has 2 nitrogen and oxygen atoms in total. The zero-order valence-corrected chi connectivity index (χ0v) is 13.1. The monoisotopic (exact) mass is 286 g/mol. The number of aromatic nitrogens is 1. The summed E-state index contributed by atoms with van der Waals surface area (Å²) in [4.78, 5) is 7.87. The fourth-order valence-electron chi connectivity index (χ4n) is 2.14. The lowest BCUT2D eigenvalue weighted by molar-refractivity contribution is 0.271. The Hall–Kier alpha value is -1.32. The molecule has 0 aliphatic heterocycles. The van der Waals surface area contributed by atoms with Crippen molar-refractivity contribution in [3.8, 4) is 0 Å². The first-order valence-corrected chi connectivity index (χ1v) is 8.13. The van der Waals surface area contributed by atoms with Gasteiger partial charge in [0.25, 0.3) is 0 Å². The molecule has 0 unspecified atom stereocenters. The fourth-order valence-corrected chi connectivity index (χ4v) is 2.80. The second kappa shape index (κ2) is 8.08. The van der Waals surface area contributed by atoms with Crippen molar-refractivity contribution >= 4 is 11.8 Å². The van der Waals surface area contributed by atoms with Crippen LogP contribution in [0, 0.1) is 0 Å². The molecule has 1 heterocycles. The van der Waals surface area contributed by atoms with E-state index >= 15 is 0 Å². The van der Waals surface area contributed by atoms with Crippen LogP contribution in [0.15, 0.2) is 53.7 Å². The Morgan fingerprint density at radius 1 is 0.900 bits per heavy atom. The zero-order chi connectivity index (χ0) is 14.2. The van der Waals surface area contributed by atoms with Crippen LogP contribution in [0.2, 0.25) is 0 Å². The number of rotatable bonds is 7. The van der Waals surface area contributed by atoms with Gasteiger partial charge in [0.2, 0.25) is 0 Å². The number of hydrogen-bond acceptors (Lipinski definition) is 3. The second-order valence-corrected chi connectivity index (χ2v) is 6.07. The van der Waals surface area contributed by atoms with Gasteiger partial charge in [-0.2, -0.15) is 0 Å². The van der Waals surface area contributed by atoms with Gasteiger partial charge >= 0.3 is 0 Å². The van der Waals surface area contributed by atoms with Crippen molar-refractivity contribution in [2.45, 2.75) is 31.8 Å². The third kappa shape index (κ3) is 4.66. The Labute approximate surface area is 126 Å². The van der Waals surface area contributed by atoms with Crippen molar-refractivity contribution in [1.29, 1.82) is 0 Å². The molecule has 20 heavy (non-hydrogen) atoms. The molecule has 1 aromatic heterocycles. The van der Waals surface area contributed by atoms with Gasteiger partial charge in [0.05, 0.1) is 0 Å². The normalized spacial score (nSPS) is 10.9. The highest BCUT2D eigenvalue weighted by molar-refractivity contribution is 7.99. The summed E-state index contributed by atoms with van der Waals surface area (Å²) in [5.41, 5.74) is 2.70. The molecule has 0 amide bonds. The highest BCUT2D eigenvalue weighted by Gasteiger charge is 2.05. The van der Waals surface area contributed by atoms with Crippen LogP contribution in [0.25, 0.3) is 0 Å². The van der Waals surface area contributed by atoms with Crippen molar-refractivity contribution in [1.82, 2.24) is 9.88 Å². The van der Waals surface area contributed by atoms with Gasteiger partial charge < -0.3 is 0 Å². The number of hydrogen-bond donors (Lipinski definition) is 0. The molecule has 2 aromatic rings. The largest absolute Gasteiger partial charge is 0.295 e. The summed E-state index contributed by atoms with van der Waals surface area (Å²) in [7, 11) is 0. The van der Waals surface area contributed by atoms with E-state index in [2.05, 4.69) is 60.1 Å². The minimum atomic E-state index is 0.977. The molecule has 0 aliphatic rings. The molecule has 0 saturated heterocycles. The molecule has 106 valence electrons. The topological polar surface area (TPSA) is 16.1 Å². The predicted molar refractivity (Wildman–Crippen MR) is 86.9 cm³/mol. The molecular weight excluding hydrogens is 264 g/mol. The van der Waals surface area contributed by atoms with Gasteiger partial charge in [-0.25, -0.2) is 0 Å². The Bertz CT molecular complexity index is 496. The summed E-state index contributed by atoms with van der Waals surface area (Å²) in [6.07, 6.45) is 3.72. The van der Waals surface area contributed by atoms with Gasteiger partial charge in [-0.05, 0) is 47.7 Å². The molecule has 3 heteroatoms. The first kappa shape index (κ1) is 15.1. The predicted octanol–water partition coefficient (Wildman–Crippen LogP) is 4.22. The minimum Gasteiger partial charge on any atom is -0.295 e. The van der Waals surface area contributed by atoms with Gasteiger partial charge in [0.15, 0.2) is 0 Å². The van der Waals surface area contributed by atoms with Crippen LogP contribution in [0.3, 0.4) is 0 Å². The molecule has 0 spiro atoms. The van der Waals surface area contributed by atoms with Crippen molar-refractivity contribution in [3.05, 3.63) is 59.9 Å². The molecule has 0 aliphatic carbocycles. The molecule has 0 atom stereocenters. The Kier molecular flexibility index (Phi) is 6.09. The van der Waals surface area contributed by atoms with E-state index in [0.29, 0.717) is 0 Å². The van der Waals surface area contributed by atoms with Crippen LogP contribution < -0.4 is 0 Å². The SMILES string of the molecule is CCSc1ccc(CN(CC)Cc2ccncc2)cc1. The van der Waals surface area contributed by atoms with E-state index in [9.17, 15) is 0 Å². The lowest BCUT2D eigenvalue weighted by Crippen LogP contribution is -2.22. The standard InChI is InChI=1S/C17H22N2S/c1-3-19(14-16-9-11-18-12-10-16)13-15-5-7-17(8-6-15)20-4-2/h5-12H,3-4,13-14H2,1-2H3. The van der Waals surface area contributed by atoms with Gasteiger partial charge in [0, 0.05) is 30.4 Å². The summed E-state index contributed by atoms with van der Waals surface area (Å²) in [6.45, 7) is 7.42. The van der Waals surface area contributed by atoms with Gasteiger partial charge in [-0.1, -0.05) is 26.0 Å². The Morgan fingerprint density at radius 2 is 1.50 bits per heavy atom. The van der Waals surface area contributed by atoms with E-state index in [-0.39, 0.29) is 0 Å². The van der Waals surface area contributed by atoms with Crippen LogP contribution in [0.4, 0.5) is 0 Å². The lowest BCUT2D eigenvalue weighted by Gasteiger charge is -2.20. The number of pyridine rings is 1. The van der Waals surface area contributed by atoms with Crippen molar-refractivity contribution in [2.75, 3.05) is 12.3 Å². The molecule has 1 aromatic carbocycles. The third-order valence-corrected chi connectivity index (χ3v) is 4.14. The van der Waals surface area contributed by atoms with E-state index in [1.165, 1.54) is 16.0 Å². The second-order valence-electron chi connectivity index (χ2n) is 4.74. The highest BCUT2D eigenvalue weighted by atomic mass is 32.2. The van der Waals surface area contributed by atoms with Gasteiger partial charge in [-0.3, -0.25) is 9.88 Å².